The monoisotopic (exact) mass is 553 g/mol. The zero-order chi connectivity index (χ0) is 28.4. The second-order valence-electron chi connectivity index (χ2n) is 9.26. The molecule has 1 N–H and O–H groups in total. The maximum Gasteiger partial charge on any atom is 0.333 e. The van der Waals surface area contributed by atoms with Gasteiger partial charge in [0.15, 0.2) is 0 Å². The fraction of sp³-hybridized carbons (Fsp3) is 0.481. The fourth-order valence-corrected chi connectivity index (χ4v) is 5.38. The second kappa shape index (κ2) is 14.4. The number of carbonyl (C=O) groups is 2. The molecule has 0 aliphatic rings. The smallest absolute Gasteiger partial charge is 0.333 e. The number of carbonyl (C=O) groups excluding carboxylic acids is 2. The van der Waals surface area contributed by atoms with E-state index in [-0.39, 0.29) is 22.9 Å². The summed E-state index contributed by atoms with van der Waals surface area (Å²) in [5, 5.41) is 3.90. The second-order valence-corrected chi connectivity index (χ2v) is 11.5. The molecule has 0 saturated heterocycles. The number of hydrogen-bond donors (Lipinski definition) is 1. The molecule has 1 atom stereocenters. The largest absolute Gasteiger partial charge is 0.458 e. The van der Waals surface area contributed by atoms with Gasteiger partial charge in [-0.3, -0.25) is 0 Å². The first kappa shape index (κ1) is 32.4. The Morgan fingerprint density at radius 1 is 1.08 bits per heavy atom. The molecule has 2 amide bonds. The molecule has 0 spiro atoms. The van der Waals surface area contributed by atoms with Gasteiger partial charge >= 0.3 is 12.0 Å². The van der Waals surface area contributed by atoms with Crippen LogP contribution in [0.3, 0.4) is 0 Å². The van der Waals surface area contributed by atoms with Gasteiger partial charge in [-0.15, -0.1) is 4.41 Å². The van der Waals surface area contributed by atoms with Gasteiger partial charge in [0.1, 0.15) is 11.6 Å². The van der Waals surface area contributed by atoms with Crippen molar-refractivity contribution in [3.63, 3.8) is 0 Å². The third-order valence-corrected chi connectivity index (χ3v) is 6.94. The highest BCUT2D eigenvalue weighted by Crippen LogP contribution is 2.23. The summed E-state index contributed by atoms with van der Waals surface area (Å²) in [4.78, 5) is 26.1. The normalized spacial score (nSPS) is 12.3. The van der Waals surface area contributed by atoms with Crippen molar-refractivity contribution in [3.05, 3.63) is 64.7 Å². The number of urea groups is 1. The summed E-state index contributed by atoms with van der Waals surface area (Å²) in [6.07, 6.45) is 0.638. The Hall–Kier alpha value is -2.62. The van der Waals surface area contributed by atoms with Crippen molar-refractivity contribution >= 4 is 33.6 Å². The highest BCUT2D eigenvalue weighted by atomic mass is 35.5. The minimum atomic E-state index is -4.10. The van der Waals surface area contributed by atoms with E-state index in [1.54, 1.807) is 40.7 Å². The standard InChI is InChI=1S/C25H34ClN3O5S.C2H6/c1-7-13-29(35(32,33)21-15-18(2)14-20(26)17-21)28(6)24(31)27-22(23(30)34-25(3,4)5)16-19-11-9-8-10-12-19;1-2/h8-12,14-15,17,22H,7,13,16H2,1-6H3,(H,27,31);1-2H3/t22-;/m0./s1. The molecule has 206 valence electrons. The summed E-state index contributed by atoms with van der Waals surface area (Å²) in [5.41, 5.74) is 0.733. The number of ether oxygens (including phenoxy) is 1. The lowest BCUT2D eigenvalue weighted by atomic mass is 10.1. The van der Waals surface area contributed by atoms with Crippen LogP contribution in [0.1, 0.15) is 59.1 Å². The molecule has 0 unspecified atom stereocenters. The van der Waals surface area contributed by atoms with Crippen molar-refractivity contribution in [2.45, 2.75) is 77.8 Å². The molecule has 2 aromatic carbocycles. The lowest BCUT2D eigenvalue weighted by molar-refractivity contribution is -0.157. The predicted molar refractivity (Wildman–Crippen MR) is 148 cm³/mol. The summed E-state index contributed by atoms with van der Waals surface area (Å²) in [6.45, 7) is 12.8. The van der Waals surface area contributed by atoms with E-state index in [0.717, 1.165) is 15.0 Å². The maximum atomic E-state index is 13.4. The van der Waals surface area contributed by atoms with E-state index in [1.165, 1.54) is 19.2 Å². The molecule has 0 aromatic heterocycles. The van der Waals surface area contributed by atoms with E-state index >= 15 is 0 Å². The number of hydrazine groups is 1. The number of nitrogens with zero attached hydrogens (tertiary/aromatic N) is 2. The van der Waals surface area contributed by atoms with Crippen molar-refractivity contribution in [2.75, 3.05) is 13.6 Å². The number of amides is 2. The van der Waals surface area contributed by atoms with Crippen molar-refractivity contribution in [1.29, 1.82) is 0 Å². The van der Waals surface area contributed by atoms with Crippen LogP contribution in [0, 0.1) is 6.92 Å². The quantitative estimate of drug-likeness (QED) is 0.323. The average molecular weight is 554 g/mol. The number of esters is 1. The van der Waals surface area contributed by atoms with Gasteiger partial charge in [-0.05, 0) is 63.4 Å². The van der Waals surface area contributed by atoms with E-state index in [2.05, 4.69) is 5.32 Å². The molecule has 0 fully saturated rings. The molecule has 0 bridgehead atoms. The van der Waals surface area contributed by atoms with Crippen molar-refractivity contribution in [2.24, 2.45) is 0 Å². The number of hydrogen-bond acceptors (Lipinski definition) is 5. The Morgan fingerprint density at radius 2 is 1.68 bits per heavy atom. The number of benzene rings is 2. The topological polar surface area (TPSA) is 96.0 Å². The van der Waals surface area contributed by atoms with Crippen LogP contribution in [0.5, 0.6) is 0 Å². The van der Waals surface area contributed by atoms with Crippen LogP contribution in [-0.2, 0) is 26.0 Å². The third-order valence-electron chi connectivity index (χ3n) is 4.91. The Labute approximate surface area is 227 Å². The highest BCUT2D eigenvalue weighted by molar-refractivity contribution is 7.89. The minimum Gasteiger partial charge on any atom is -0.458 e. The van der Waals surface area contributed by atoms with Gasteiger partial charge in [-0.2, -0.15) is 0 Å². The van der Waals surface area contributed by atoms with Gasteiger partial charge in [0.25, 0.3) is 10.0 Å². The van der Waals surface area contributed by atoms with Crippen LogP contribution in [0.2, 0.25) is 5.02 Å². The van der Waals surface area contributed by atoms with Crippen molar-refractivity contribution < 1.29 is 22.7 Å². The third kappa shape index (κ3) is 9.98. The Kier molecular flexibility index (Phi) is 12.6. The molecular weight excluding hydrogens is 514 g/mol. The average Bonchev–Trinajstić information content (AvgIpc) is 2.81. The zero-order valence-electron chi connectivity index (χ0n) is 23.0. The summed E-state index contributed by atoms with van der Waals surface area (Å²) in [6, 6.07) is 11.9. The number of aryl methyl sites for hydroxylation is 1. The first-order chi connectivity index (χ1) is 17.2. The van der Waals surface area contributed by atoms with Gasteiger partial charge in [-0.1, -0.05) is 62.7 Å². The number of halogens is 1. The lowest BCUT2D eigenvalue weighted by Crippen LogP contribution is -2.55. The summed E-state index contributed by atoms with van der Waals surface area (Å²) >= 11 is 6.09. The van der Waals surface area contributed by atoms with Gasteiger partial charge in [-0.25, -0.2) is 23.0 Å². The molecule has 0 saturated carbocycles. The number of rotatable bonds is 9. The first-order valence-corrected chi connectivity index (χ1v) is 14.2. The molecule has 0 radical (unpaired) electrons. The van der Waals surface area contributed by atoms with Crippen LogP contribution in [0.25, 0.3) is 0 Å². The Balaban J connectivity index is 0.00000334. The Morgan fingerprint density at radius 3 is 2.19 bits per heavy atom. The van der Waals surface area contributed by atoms with E-state index in [1.807, 2.05) is 44.2 Å². The van der Waals surface area contributed by atoms with Crippen molar-refractivity contribution in [3.8, 4) is 0 Å². The Bertz CT molecular complexity index is 1110. The zero-order valence-corrected chi connectivity index (χ0v) is 24.6. The predicted octanol–water partition coefficient (Wildman–Crippen LogP) is 5.58. The van der Waals surface area contributed by atoms with Gasteiger partial charge < -0.3 is 10.1 Å². The molecule has 0 aliphatic heterocycles. The molecule has 10 heteroatoms. The molecule has 0 heterocycles. The number of nitrogens with one attached hydrogen (secondary N) is 1. The number of sulfonamides is 1. The van der Waals surface area contributed by atoms with Crippen LogP contribution in [0.4, 0.5) is 4.79 Å². The lowest BCUT2D eigenvalue weighted by Gasteiger charge is -2.32. The fourth-order valence-electron chi connectivity index (χ4n) is 3.36. The minimum absolute atomic E-state index is 0.0245. The van der Waals surface area contributed by atoms with Crippen LogP contribution >= 0.6 is 11.6 Å². The molecule has 37 heavy (non-hydrogen) atoms. The summed E-state index contributed by atoms with van der Waals surface area (Å²) in [7, 11) is -2.76. The van der Waals surface area contributed by atoms with Crippen LogP contribution in [-0.4, -0.2) is 55.1 Å². The molecule has 8 nitrogen and oxygen atoms in total. The molecular formula is C27H40ClN3O5S. The van der Waals surface area contributed by atoms with Gasteiger partial charge in [0.2, 0.25) is 0 Å². The van der Waals surface area contributed by atoms with Crippen LogP contribution in [0.15, 0.2) is 53.4 Å². The van der Waals surface area contributed by atoms with E-state index in [0.29, 0.717) is 12.0 Å². The SMILES string of the molecule is CC.CCCN(N(C)C(=O)N[C@@H](Cc1ccccc1)C(=O)OC(C)(C)C)S(=O)(=O)c1cc(C)cc(Cl)c1. The first-order valence-electron chi connectivity index (χ1n) is 12.4. The van der Waals surface area contributed by atoms with E-state index in [9.17, 15) is 18.0 Å². The van der Waals surface area contributed by atoms with Crippen molar-refractivity contribution in [1.82, 2.24) is 14.7 Å². The van der Waals surface area contributed by atoms with Crippen LogP contribution < -0.4 is 5.32 Å². The molecule has 2 aromatic rings. The highest BCUT2D eigenvalue weighted by Gasteiger charge is 2.34. The van der Waals surface area contributed by atoms with Gasteiger partial charge in [0, 0.05) is 25.0 Å². The van der Waals surface area contributed by atoms with Gasteiger partial charge in [0.05, 0.1) is 4.90 Å². The van der Waals surface area contributed by atoms with E-state index < -0.39 is 33.7 Å². The molecule has 2 rings (SSSR count). The summed E-state index contributed by atoms with van der Waals surface area (Å²) < 4.78 is 33.3. The van der Waals surface area contributed by atoms with E-state index in [4.69, 9.17) is 16.3 Å². The summed E-state index contributed by atoms with van der Waals surface area (Å²) in [5.74, 6) is -0.613. The maximum absolute atomic E-state index is 13.4. The molecule has 0 aliphatic carbocycles.